The molecule has 22 heavy (non-hydrogen) atoms. The second kappa shape index (κ2) is 6.43. The number of hydrazine groups is 1. The molecular weight excluding hydrogens is 331 g/mol. The molecule has 0 fully saturated rings. The number of carbonyl (C=O) groups is 1. The zero-order chi connectivity index (χ0) is 16.3. The summed E-state index contributed by atoms with van der Waals surface area (Å²) in [5.74, 6) is -1.20. The van der Waals surface area contributed by atoms with E-state index in [2.05, 4.69) is 0 Å². The molecule has 2 N–H and O–H groups in total. The largest absolute Gasteiger partial charge is 0.273 e. The fraction of sp³-hybridized carbons (Fsp3) is 0.0714. The van der Waals surface area contributed by atoms with Crippen molar-refractivity contribution in [2.75, 3.05) is 0 Å². The SMILES string of the molecule is Cc1ccc(S(=O)(=O)NNC(=O)c2ccc(F)cc2)cc1Cl. The van der Waals surface area contributed by atoms with Gasteiger partial charge in [0.25, 0.3) is 15.9 Å². The molecule has 5 nitrogen and oxygen atoms in total. The van der Waals surface area contributed by atoms with Crippen LogP contribution >= 0.6 is 11.6 Å². The van der Waals surface area contributed by atoms with Gasteiger partial charge in [0.05, 0.1) is 4.90 Å². The Morgan fingerprint density at radius 1 is 1.14 bits per heavy atom. The molecular formula is C14H12ClFN2O3S. The summed E-state index contributed by atoms with van der Waals surface area (Å²) in [6.45, 7) is 1.74. The second-order valence-corrected chi connectivity index (χ2v) is 6.57. The molecule has 0 bridgehead atoms. The Bertz CT molecular complexity index is 807. The molecule has 0 aliphatic carbocycles. The highest BCUT2D eigenvalue weighted by molar-refractivity contribution is 7.89. The molecule has 0 spiro atoms. The number of benzene rings is 2. The summed E-state index contributed by atoms with van der Waals surface area (Å²) >= 11 is 5.88. The van der Waals surface area contributed by atoms with E-state index >= 15 is 0 Å². The third kappa shape index (κ3) is 3.82. The molecule has 116 valence electrons. The van der Waals surface area contributed by atoms with Crippen LogP contribution in [0.1, 0.15) is 15.9 Å². The summed E-state index contributed by atoms with van der Waals surface area (Å²) in [5, 5.41) is 0.299. The molecule has 8 heteroatoms. The Hall–Kier alpha value is -1.96. The predicted octanol–water partition coefficient (Wildman–Crippen LogP) is 2.41. The zero-order valence-electron chi connectivity index (χ0n) is 11.4. The number of nitrogens with one attached hydrogen (secondary N) is 2. The van der Waals surface area contributed by atoms with E-state index in [9.17, 15) is 17.6 Å². The van der Waals surface area contributed by atoms with Crippen LogP contribution in [0.25, 0.3) is 0 Å². The lowest BCUT2D eigenvalue weighted by Crippen LogP contribution is -2.41. The Balaban J connectivity index is 2.10. The Labute approximate surface area is 132 Å². The lowest BCUT2D eigenvalue weighted by Gasteiger charge is -2.09. The number of sulfonamides is 1. The van der Waals surface area contributed by atoms with E-state index in [4.69, 9.17) is 11.6 Å². The minimum absolute atomic E-state index is 0.0810. The van der Waals surface area contributed by atoms with E-state index in [-0.39, 0.29) is 10.5 Å². The van der Waals surface area contributed by atoms with Crippen molar-refractivity contribution in [1.29, 1.82) is 0 Å². The van der Waals surface area contributed by atoms with Crippen LogP contribution < -0.4 is 10.3 Å². The number of rotatable bonds is 4. The van der Waals surface area contributed by atoms with Crippen molar-refractivity contribution in [3.63, 3.8) is 0 Å². The highest BCUT2D eigenvalue weighted by atomic mass is 35.5. The van der Waals surface area contributed by atoms with Crippen LogP contribution in [0.2, 0.25) is 5.02 Å². The average molecular weight is 343 g/mol. The van der Waals surface area contributed by atoms with Crippen molar-refractivity contribution in [3.05, 3.63) is 64.4 Å². The summed E-state index contributed by atoms with van der Waals surface area (Å²) in [7, 11) is -3.95. The zero-order valence-corrected chi connectivity index (χ0v) is 13.0. The smallest absolute Gasteiger partial charge is 0.266 e. The fourth-order valence-corrected chi connectivity index (χ4v) is 2.70. The molecule has 0 aliphatic rings. The minimum atomic E-state index is -3.95. The summed E-state index contributed by atoms with van der Waals surface area (Å²) in [4.78, 5) is 13.6. The van der Waals surface area contributed by atoms with Gasteiger partial charge in [0.1, 0.15) is 5.82 Å². The van der Waals surface area contributed by atoms with Crippen LogP contribution in [0.15, 0.2) is 47.4 Å². The molecule has 0 atom stereocenters. The van der Waals surface area contributed by atoms with Gasteiger partial charge < -0.3 is 0 Å². The van der Waals surface area contributed by atoms with Gasteiger partial charge in [-0.15, -0.1) is 4.83 Å². The van der Waals surface area contributed by atoms with Gasteiger partial charge in [-0.1, -0.05) is 17.7 Å². The van der Waals surface area contributed by atoms with Gasteiger partial charge in [-0.05, 0) is 48.9 Å². The van der Waals surface area contributed by atoms with Crippen molar-refractivity contribution < 1.29 is 17.6 Å². The maximum Gasteiger partial charge on any atom is 0.266 e. The van der Waals surface area contributed by atoms with Gasteiger partial charge in [-0.25, -0.2) is 12.8 Å². The van der Waals surface area contributed by atoms with E-state index in [1.54, 1.807) is 13.0 Å². The highest BCUT2D eigenvalue weighted by Gasteiger charge is 2.16. The molecule has 0 unspecified atom stereocenters. The quantitative estimate of drug-likeness (QED) is 0.838. The topological polar surface area (TPSA) is 75.3 Å². The first-order chi connectivity index (χ1) is 10.3. The first-order valence-corrected chi connectivity index (χ1v) is 7.99. The van der Waals surface area contributed by atoms with Gasteiger partial charge in [0.2, 0.25) is 0 Å². The third-order valence-corrected chi connectivity index (χ3v) is 4.51. The van der Waals surface area contributed by atoms with Gasteiger partial charge in [0, 0.05) is 10.6 Å². The van der Waals surface area contributed by atoms with Crippen LogP contribution in [0, 0.1) is 12.7 Å². The van der Waals surface area contributed by atoms with E-state index in [1.165, 1.54) is 24.3 Å². The number of hydrogen-bond donors (Lipinski definition) is 2. The Morgan fingerprint density at radius 3 is 2.36 bits per heavy atom. The minimum Gasteiger partial charge on any atom is -0.273 e. The maximum absolute atomic E-state index is 12.8. The Kier molecular flexibility index (Phi) is 4.80. The van der Waals surface area contributed by atoms with Gasteiger partial charge in [-0.2, -0.15) is 0 Å². The van der Waals surface area contributed by atoms with Gasteiger partial charge >= 0.3 is 0 Å². The van der Waals surface area contributed by atoms with E-state index in [0.717, 1.165) is 17.7 Å². The molecule has 0 heterocycles. The standard InChI is InChI=1S/C14H12ClFN2O3S/c1-9-2-7-12(8-13(9)15)22(20,21)18-17-14(19)10-3-5-11(16)6-4-10/h2-8,18H,1H3,(H,17,19). The van der Waals surface area contributed by atoms with E-state index < -0.39 is 21.7 Å². The van der Waals surface area contributed by atoms with Crippen molar-refractivity contribution in [2.45, 2.75) is 11.8 Å². The monoisotopic (exact) mass is 342 g/mol. The number of amides is 1. The fourth-order valence-electron chi connectivity index (χ4n) is 1.59. The average Bonchev–Trinajstić information content (AvgIpc) is 2.48. The lowest BCUT2D eigenvalue weighted by molar-refractivity contribution is 0.0945. The number of carbonyl (C=O) groups excluding carboxylic acids is 1. The molecule has 0 saturated carbocycles. The number of halogens is 2. The number of hydrogen-bond acceptors (Lipinski definition) is 3. The predicted molar refractivity (Wildman–Crippen MR) is 80.4 cm³/mol. The lowest BCUT2D eigenvalue weighted by atomic mass is 10.2. The maximum atomic E-state index is 12.8. The summed E-state index contributed by atoms with van der Waals surface area (Å²) in [6.07, 6.45) is 0. The highest BCUT2D eigenvalue weighted by Crippen LogP contribution is 2.19. The van der Waals surface area contributed by atoms with E-state index in [0.29, 0.717) is 5.02 Å². The summed E-state index contributed by atoms with van der Waals surface area (Å²) in [6, 6.07) is 8.88. The summed E-state index contributed by atoms with van der Waals surface area (Å²) in [5.41, 5.74) is 2.90. The van der Waals surface area contributed by atoms with Crippen LogP contribution in [-0.2, 0) is 10.0 Å². The van der Waals surface area contributed by atoms with E-state index in [1.807, 2.05) is 10.3 Å². The van der Waals surface area contributed by atoms with Crippen molar-refractivity contribution in [1.82, 2.24) is 10.3 Å². The number of aryl methyl sites for hydroxylation is 1. The van der Waals surface area contributed by atoms with Crippen LogP contribution in [0.3, 0.4) is 0 Å². The van der Waals surface area contributed by atoms with Crippen LogP contribution in [0.5, 0.6) is 0 Å². The molecule has 0 aliphatic heterocycles. The molecule has 2 aromatic carbocycles. The Morgan fingerprint density at radius 2 is 1.77 bits per heavy atom. The van der Waals surface area contributed by atoms with Gasteiger partial charge in [0.15, 0.2) is 0 Å². The van der Waals surface area contributed by atoms with Gasteiger partial charge in [-0.3, -0.25) is 10.2 Å². The third-order valence-electron chi connectivity index (χ3n) is 2.86. The van der Waals surface area contributed by atoms with Crippen molar-refractivity contribution in [3.8, 4) is 0 Å². The first-order valence-electron chi connectivity index (χ1n) is 6.13. The molecule has 2 aromatic rings. The normalized spacial score (nSPS) is 11.2. The van der Waals surface area contributed by atoms with Crippen LogP contribution in [0.4, 0.5) is 4.39 Å². The molecule has 2 rings (SSSR count). The molecule has 0 radical (unpaired) electrons. The second-order valence-electron chi connectivity index (χ2n) is 4.48. The molecule has 1 amide bonds. The summed E-state index contributed by atoms with van der Waals surface area (Å²) < 4.78 is 36.8. The molecule has 0 saturated heterocycles. The van der Waals surface area contributed by atoms with Crippen molar-refractivity contribution in [2.24, 2.45) is 0 Å². The van der Waals surface area contributed by atoms with Crippen LogP contribution in [-0.4, -0.2) is 14.3 Å². The molecule has 0 aromatic heterocycles. The first kappa shape index (κ1) is 16.4. The van der Waals surface area contributed by atoms with Crippen molar-refractivity contribution >= 4 is 27.5 Å².